The van der Waals surface area contributed by atoms with Crippen LogP contribution in [-0.2, 0) is 13.0 Å². The smallest absolute Gasteiger partial charge is 0.279 e. The maximum absolute atomic E-state index is 12.9. The van der Waals surface area contributed by atoms with E-state index in [1.807, 2.05) is 31.2 Å². The number of hydrogen-bond acceptors (Lipinski definition) is 6. The molecule has 0 saturated carbocycles. The zero-order valence-corrected chi connectivity index (χ0v) is 17.4. The van der Waals surface area contributed by atoms with Gasteiger partial charge in [0.1, 0.15) is 35.3 Å². The lowest BCUT2D eigenvalue weighted by molar-refractivity contribution is 0.318. The number of hydrogen-bond donors (Lipinski definition) is 2. The zero-order chi connectivity index (χ0) is 21.1. The fourth-order valence-electron chi connectivity index (χ4n) is 3.41. The van der Waals surface area contributed by atoms with Crippen molar-refractivity contribution in [3.05, 3.63) is 52.0 Å². The lowest BCUT2D eigenvalue weighted by Gasteiger charge is -2.10. The first-order valence-electron chi connectivity index (χ1n) is 10.2. The Hall–Kier alpha value is -3.49. The highest BCUT2D eigenvalue weighted by Gasteiger charge is 2.19. The highest BCUT2D eigenvalue weighted by molar-refractivity contribution is 5.79. The number of nitrogens with one attached hydrogen (secondary N) is 2. The van der Waals surface area contributed by atoms with Gasteiger partial charge in [0.05, 0.1) is 17.9 Å². The van der Waals surface area contributed by atoms with Crippen molar-refractivity contribution >= 4 is 11.0 Å². The number of aryl methyl sites for hydroxylation is 2. The van der Waals surface area contributed by atoms with Crippen LogP contribution in [0, 0.1) is 6.92 Å². The first-order chi connectivity index (χ1) is 14.6. The second kappa shape index (κ2) is 8.48. The predicted molar refractivity (Wildman–Crippen MR) is 114 cm³/mol. The van der Waals surface area contributed by atoms with Crippen LogP contribution in [0.25, 0.3) is 22.4 Å². The van der Waals surface area contributed by atoms with E-state index < -0.39 is 0 Å². The van der Waals surface area contributed by atoms with Crippen molar-refractivity contribution in [2.24, 2.45) is 0 Å². The average Bonchev–Trinajstić information content (AvgIpc) is 3.31. The van der Waals surface area contributed by atoms with Gasteiger partial charge in [0, 0.05) is 0 Å². The summed E-state index contributed by atoms with van der Waals surface area (Å²) in [6.07, 6.45) is 2.54. The van der Waals surface area contributed by atoms with E-state index in [1.54, 1.807) is 4.68 Å². The maximum Gasteiger partial charge on any atom is 0.279 e. The Bertz CT molecular complexity index is 1220. The van der Waals surface area contributed by atoms with Crippen LogP contribution in [0.3, 0.4) is 0 Å². The van der Waals surface area contributed by atoms with Gasteiger partial charge in [-0.05, 0) is 31.9 Å². The quantitative estimate of drug-likeness (QED) is 0.464. The molecular weight excluding hydrogens is 382 g/mol. The molecule has 0 radical (unpaired) electrons. The van der Waals surface area contributed by atoms with Crippen LogP contribution in [-0.4, -0.2) is 41.5 Å². The summed E-state index contributed by atoms with van der Waals surface area (Å²) in [5.41, 5.74) is 2.32. The van der Waals surface area contributed by atoms with Gasteiger partial charge in [-0.3, -0.25) is 14.6 Å². The molecule has 3 aromatic heterocycles. The number of aromatic amines is 2. The van der Waals surface area contributed by atoms with Crippen LogP contribution in [0.4, 0.5) is 0 Å². The Labute approximate surface area is 173 Å². The van der Waals surface area contributed by atoms with Crippen molar-refractivity contribution in [2.75, 3.05) is 6.61 Å². The second-order valence-electron chi connectivity index (χ2n) is 7.14. The number of fused-ring (bicyclic) bond motifs is 1. The number of para-hydroxylation sites is 1. The standard InChI is InChI=1S/C21H25N7O2/c1-4-8-15-18-19(27-28(15)12-17-22-13(3)25-26-17)21(29)24-20(23-18)14-9-6-7-10-16(14)30-11-5-2/h6-7,9-10H,4-5,8,11-12H2,1-3H3,(H,22,25,26)(H,23,24,29). The number of benzene rings is 1. The zero-order valence-electron chi connectivity index (χ0n) is 17.4. The first kappa shape index (κ1) is 19.8. The summed E-state index contributed by atoms with van der Waals surface area (Å²) in [5, 5.41) is 11.5. The average molecular weight is 407 g/mol. The second-order valence-corrected chi connectivity index (χ2v) is 7.14. The van der Waals surface area contributed by atoms with Gasteiger partial charge in [0.25, 0.3) is 5.56 Å². The number of rotatable bonds is 8. The van der Waals surface area contributed by atoms with E-state index in [4.69, 9.17) is 9.72 Å². The molecule has 2 N–H and O–H groups in total. The van der Waals surface area contributed by atoms with Gasteiger partial charge in [-0.2, -0.15) is 10.2 Å². The fourth-order valence-corrected chi connectivity index (χ4v) is 3.41. The summed E-state index contributed by atoms with van der Waals surface area (Å²) < 4.78 is 7.65. The molecule has 0 amide bonds. The molecule has 0 aliphatic heterocycles. The molecule has 4 rings (SSSR count). The molecule has 1 aromatic carbocycles. The third-order valence-corrected chi connectivity index (χ3v) is 4.73. The largest absolute Gasteiger partial charge is 0.493 e. The Morgan fingerprint density at radius 1 is 1.10 bits per heavy atom. The Balaban J connectivity index is 1.83. The molecule has 0 spiro atoms. The normalized spacial score (nSPS) is 11.3. The van der Waals surface area contributed by atoms with E-state index in [0.717, 1.165) is 30.5 Å². The SMILES string of the molecule is CCCOc1ccccc1-c1nc2c(CCC)n(Cc3nc(C)n[nH]3)nc2c(=O)[nH]1. The summed E-state index contributed by atoms with van der Waals surface area (Å²) in [4.78, 5) is 24.9. The third kappa shape index (κ3) is 3.83. The number of nitrogens with zero attached hydrogens (tertiary/aromatic N) is 5. The molecule has 9 heteroatoms. The van der Waals surface area contributed by atoms with E-state index >= 15 is 0 Å². The van der Waals surface area contributed by atoms with Gasteiger partial charge >= 0.3 is 0 Å². The van der Waals surface area contributed by atoms with Gasteiger partial charge < -0.3 is 9.72 Å². The summed E-state index contributed by atoms with van der Waals surface area (Å²) in [6.45, 7) is 6.96. The van der Waals surface area contributed by atoms with E-state index in [1.165, 1.54) is 0 Å². The molecule has 3 heterocycles. The van der Waals surface area contributed by atoms with Gasteiger partial charge in [-0.1, -0.05) is 32.4 Å². The number of ether oxygens (including phenoxy) is 1. The highest BCUT2D eigenvalue weighted by Crippen LogP contribution is 2.28. The summed E-state index contributed by atoms with van der Waals surface area (Å²) >= 11 is 0. The topological polar surface area (TPSA) is 114 Å². The molecule has 0 fully saturated rings. The Morgan fingerprint density at radius 2 is 1.93 bits per heavy atom. The summed E-state index contributed by atoms with van der Waals surface area (Å²) in [6, 6.07) is 7.60. The number of H-pyrrole nitrogens is 2. The Morgan fingerprint density at radius 3 is 2.67 bits per heavy atom. The van der Waals surface area contributed by atoms with Crippen LogP contribution >= 0.6 is 0 Å². The van der Waals surface area contributed by atoms with Gasteiger partial charge in [0.15, 0.2) is 5.52 Å². The minimum absolute atomic E-state index is 0.273. The van der Waals surface area contributed by atoms with E-state index in [-0.39, 0.29) is 5.56 Å². The molecule has 0 saturated heterocycles. The van der Waals surface area contributed by atoms with Crippen LogP contribution in [0.1, 0.15) is 44.0 Å². The van der Waals surface area contributed by atoms with E-state index in [0.29, 0.717) is 47.4 Å². The molecule has 30 heavy (non-hydrogen) atoms. The van der Waals surface area contributed by atoms with Crippen molar-refractivity contribution in [3.63, 3.8) is 0 Å². The molecule has 4 aromatic rings. The summed E-state index contributed by atoms with van der Waals surface area (Å²) in [5.74, 6) is 2.53. The lowest BCUT2D eigenvalue weighted by Crippen LogP contribution is -2.10. The van der Waals surface area contributed by atoms with Crippen LogP contribution < -0.4 is 10.3 Å². The van der Waals surface area contributed by atoms with Crippen LogP contribution in [0.5, 0.6) is 5.75 Å². The molecule has 0 unspecified atom stereocenters. The lowest BCUT2D eigenvalue weighted by atomic mass is 10.1. The predicted octanol–water partition coefficient (Wildman–Crippen LogP) is 3.00. The molecule has 9 nitrogen and oxygen atoms in total. The molecule has 0 atom stereocenters. The maximum atomic E-state index is 12.9. The molecule has 156 valence electrons. The van der Waals surface area contributed by atoms with Crippen LogP contribution in [0.15, 0.2) is 29.1 Å². The van der Waals surface area contributed by atoms with Crippen molar-refractivity contribution in [2.45, 2.75) is 46.6 Å². The molecule has 0 aliphatic rings. The van der Waals surface area contributed by atoms with Crippen molar-refractivity contribution in [1.29, 1.82) is 0 Å². The van der Waals surface area contributed by atoms with E-state index in [9.17, 15) is 4.79 Å². The Kier molecular flexibility index (Phi) is 5.60. The monoisotopic (exact) mass is 407 g/mol. The summed E-state index contributed by atoms with van der Waals surface area (Å²) in [7, 11) is 0. The van der Waals surface area contributed by atoms with Crippen LogP contribution in [0.2, 0.25) is 0 Å². The minimum Gasteiger partial charge on any atom is -0.493 e. The van der Waals surface area contributed by atoms with E-state index in [2.05, 4.69) is 39.1 Å². The number of aromatic nitrogens is 7. The fraction of sp³-hybridized carbons (Fsp3) is 0.381. The van der Waals surface area contributed by atoms with Gasteiger partial charge in [0.2, 0.25) is 0 Å². The van der Waals surface area contributed by atoms with Gasteiger partial charge in [-0.25, -0.2) is 9.97 Å². The first-order valence-corrected chi connectivity index (χ1v) is 10.2. The minimum atomic E-state index is -0.273. The molecule has 0 aliphatic carbocycles. The molecular formula is C21H25N7O2. The third-order valence-electron chi connectivity index (χ3n) is 4.73. The highest BCUT2D eigenvalue weighted by atomic mass is 16.5. The molecule has 0 bridgehead atoms. The van der Waals surface area contributed by atoms with Crippen molar-refractivity contribution in [3.8, 4) is 17.1 Å². The van der Waals surface area contributed by atoms with Crippen molar-refractivity contribution in [1.82, 2.24) is 34.9 Å². The van der Waals surface area contributed by atoms with Gasteiger partial charge in [-0.15, -0.1) is 0 Å². The van der Waals surface area contributed by atoms with Crippen molar-refractivity contribution < 1.29 is 4.74 Å².